The predicted octanol–water partition coefficient (Wildman–Crippen LogP) is 2.89. The average Bonchev–Trinajstić information content (AvgIpc) is 2.50. The molecule has 134 valence electrons. The molecule has 1 aliphatic heterocycles. The second kappa shape index (κ2) is 7.66. The van der Waals surface area contributed by atoms with Crippen LogP contribution in [0.4, 0.5) is 0 Å². The molecule has 0 aromatic heterocycles. The first kappa shape index (κ1) is 18.9. The van der Waals surface area contributed by atoms with E-state index in [1.165, 1.54) is 22.3 Å². The van der Waals surface area contributed by atoms with Crippen LogP contribution in [0, 0.1) is 13.8 Å². The molecule has 0 saturated carbocycles. The fourth-order valence-electron chi connectivity index (χ4n) is 3.15. The maximum absolute atomic E-state index is 12.4. The van der Waals surface area contributed by atoms with Crippen LogP contribution < -0.4 is 0 Å². The normalized spacial score (nSPS) is 15.9. The largest absolute Gasteiger partial charge is 0.378 e. The molecule has 1 aromatic carbocycles. The highest BCUT2D eigenvalue weighted by atomic mass is 16.5. The molecule has 1 aliphatic rings. The summed E-state index contributed by atoms with van der Waals surface area (Å²) in [6, 6.07) is 4.58. The fourth-order valence-corrected chi connectivity index (χ4v) is 3.15. The minimum atomic E-state index is 0.159. The third kappa shape index (κ3) is 4.81. The monoisotopic (exact) mass is 332 g/mol. The number of aryl methyl sites for hydroxylation is 2. The van der Waals surface area contributed by atoms with E-state index in [0.29, 0.717) is 32.8 Å². The minimum Gasteiger partial charge on any atom is -0.378 e. The number of rotatable bonds is 4. The van der Waals surface area contributed by atoms with Crippen molar-refractivity contribution in [2.75, 3.05) is 39.9 Å². The van der Waals surface area contributed by atoms with Crippen molar-refractivity contribution in [2.24, 2.45) is 0 Å². The van der Waals surface area contributed by atoms with Crippen LogP contribution in [0.5, 0.6) is 0 Å². The van der Waals surface area contributed by atoms with Gasteiger partial charge in [0.25, 0.3) is 0 Å². The lowest BCUT2D eigenvalue weighted by atomic mass is 9.84. The fraction of sp³-hybridized carbons (Fsp3) is 0.650. The van der Waals surface area contributed by atoms with Crippen molar-refractivity contribution in [3.63, 3.8) is 0 Å². The van der Waals surface area contributed by atoms with E-state index >= 15 is 0 Å². The second-order valence-electron chi connectivity index (χ2n) is 8.00. The number of amides is 1. The Balaban J connectivity index is 2.03. The first-order valence-electron chi connectivity index (χ1n) is 8.83. The van der Waals surface area contributed by atoms with Gasteiger partial charge in [-0.2, -0.15) is 0 Å². The molecule has 24 heavy (non-hydrogen) atoms. The van der Waals surface area contributed by atoms with Crippen LogP contribution in [0.1, 0.15) is 43.0 Å². The molecule has 1 aromatic rings. The SMILES string of the molecule is Cc1cc(C(C)(C)C)cc(C)c1CN(C)CC(=O)N1CCOCC1. The Bertz CT molecular complexity index is 561. The predicted molar refractivity (Wildman–Crippen MR) is 98.3 cm³/mol. The Morgan fingerprint density at radius 2 is 1.71 bits per heavy atom. The van der Waals surface area contributed by atoms with E-state index in [9.17, 15) is 4.79 Å². The van der Waals surface area contributed by atoms with Gasteiger partial charge < -0.3 is 9.64 Å². The summed E-state index contributed by atoms with van der Waals surface area (Å²) >= 11 is 0. The molecule has 4 nitrogen and oxygen atoms in total. The lowest BCUT2D eigenvalue weighted by molar-refractivity contribution is -0.136. The van der Waals surface area contributed by atoms with E-state index < -0.39 is 0 Å². The van der Waals surface area contributed by atoms with Gasteiger partial charge in [-0.1, -0.05) is 32.9 Å². The van der Waals surface area contributed by atoms with Gasteiger partial charge in [0, 0.05) is 19.6 Å². The zero-order valence-electron chi connectivity index (χ0n) is 16.1. The molecule has 0 N–H and O–H groups in total. The molecule has 2 rings (SSSR count). The number of likely N-dealkylation sites (N-methyl/N-ethyl adjacent to an activating group) is 1. The summed E-state index contributed by atoms with van der Waals surface area (Å²) in [6.45, 7) is 15.1. The van der Waals surface area contributed by atoms with E-state index in [-0.39, 0.29) is 11.3 Å². The van der Waals surface area contributed by atoms with Crippen LogP contribution in [-0.2, 0) is 21.5 Å². The summed E-state index contributed by atoms with van der Waals surface area (Å²) in [6.07, 6.45) is 0. The van der Waals surface area contributed by atoms with Gasteiger partial charge in [0.2, 0.25) is 5.91 Å². The Labute approximate surface area is 146 Å². The number of benzene rings is 1. The third-order valence-corrected chi connectivity index (χ3v) is 4.76. The number of ether oxygens (including phenoxy) is 1. The van der Waals surface area contributed by atoms with E-state index in [4.69, 9.17) is 4.74 Å². The van der Waals surface area contributed by atoms with Gasteiger partial charge in [-0.3, -0.25) is 9.69 Å². The van der Waals surface area contributed by atoms with Crippen LogP contribution in [0.15, 0.2) is 12.1 Å². The number of morpholine rings is 1. The number of hydrogen-bond acceptors (Lipinski definition) is 3. The van der Waals surface area contributed by atoms with Crippen molar-refractivity contribution >= 4 is 5.91 Å². The molecule has 0 bridgehead atoms. The van der Waals surface area contributed by atoms with E-state index in [0.717, 1.165) is 6.54 Å². The third-order valence-electron chi connectivity index (χ3n) is 4.76. The van der Waals surface area contributed by atoms with Gasteiger partial charge in [-0.15, -0.1) is 0 Å². The molecule has 1 saturated heterocycles. The van der Waals surface area contributed by atoms with Gasteiger partial charge in [-0.25, -0.2) is 0 Å². The summed E-state index contributed by atoms with van der Waals surface area (Å²) in [4.78, 5) is 16.4. The molecule has 0 spiro atoms. The summed E-state index contributed by atoms with van der Waals surface area (Å²) in [5.41, 5.74) is 5.48. The molecule has 0 unspecified atom stereocenters. The lowest BCUT2D eigenvalue weighted by Crippen LogP contribution is -2.45. The van der Waals surface area contributed by atoms with Crippen LogP contribution in [0.2, 0.25) is 0 Å². The quantitative estimate of drug-likeness (QED) is 0.850. The first-order chi connectivity index (χ1) is 11.2. The topological polar surface area (TPSA) is 32.8 Å². The van der Waals surface area contributed by atoms with E-state index in [1.807, 2.05) is 11.9 Å². The zero-order chi connectivity index (χ0) is 17.9. The molecule has 1 amide bonds. The Morgan fingerprint density at radius 1 is 1.17 bits per heavy atom. The highest BCUT2D eigenvalue weighted by molar-refractivity contribution is 5.78. The number of carbonyl (C=O) groups is 1. The van der Waals surface area contributed by atoms with Crippen molar-refractivity contribution in [1.82, 2.24) is 9.80 Å². The maximum atomic E-state index is 12.4. The summed E-state index contributed by atoms with van der Waals surface area (Å²) in [5, 5.41) is 0. The Morgan fingerprint density at radius 3 is 2.21 bits per heavy atom. The van der Waals surface area contributed by atoms with Crippen LogP contribution in [0.3, 0.4) is 0 Å². The Kier molecular flexibility index (Phi) is 6.05. The van der Waals surface area contributed by atoms with Crippen molar-refractivity contribution < 1.29 is 9.53 Å². The van der Waals surface area contributed by atoms with Crippen LogP contribution in [0.25, 0.3) is 0 Å². The number of nitrogens with zero attached hydrogens (tertiary/aromatic N) is 2. The summed E-state index contributed by atoms with van der Waals surface area (Å²) in [7, 11) is 2.02. The van der Waals surface area contributed by atoms with Crippen LogP contribution >= 0.6 is 0 Å². The molecule has 1 heterocycles. The molecular weight excluding hydrogens is 300 g/mol. The molecule has 0 radical (unpaired) electrons. The second-order valence-corrected chi connectivity index (χ2v) is 8.00. The van der Waals surface area contributed by atoms with Gasteiger partial charge in [0.15, 0.2) is 0 Å². The maximum Gasteiger partial charge on any atom is 0.236 e. The van der Waals surface area contributed by atoms with Crippen LogP contribution in [-0.4, -0.2) is 55.6 Å². The Hall–Kier alpha value is -1.39. The van der Waals surface area contributed by atoms with Crippen molar-refractivity contribution in [3.05, 3.63) is 34.4 Å². The highest BCUT2D eigenvalue weighted by Crippen LogP contribution is 2.27. The van der Waals surface area contributed by atoms with E-state index in [1.54, 1.807) is 0 Å². The van der Waals surface area contributed by atoms with Crippen molar-refractivity contribution in [2.45, 2.75) is 46.6 Å². The zero-order valence-corrected chi connectivity index (χ0v) is 16.1. The standard InChI is InChI=1S/C20H32N2O2/c1-15-11-17(20(3,4)5)12-16(2)18(15)13-21(6)14-19(23)22-7-9-24-10-8-22/h11-12H,7-10,13-14H2,1-6H3. The van der Waals surface area contributed by atoms with Gasteiger partial charge in [0.05, 0.1) is 19.8 Å². The van der Waals surface area contributed by atoms with E-state index in [2.05, 4.69) is 51.7 Å². The summed E-state index contributed by atoms with van der Waals surface area (Å²) in [5.74, 6) is 0.197. The number of hydrogen-bond donors (Lipinski definition) is 0. The average molecular weight is 332 g/mol. The number of carbonyl (C=O) groups excluding carboxylic acids is 1. The first-order valence-corrected chi connectivity index (χ1v) is 8.83. The molecular formula is C20H32N2O2. The lowest BCUT2D eigenvalue weighted by Gasteiger charge is -2.29. The molecule has 0 atom stereocenters. The van der Waals surface area contributed by atoms with Gasteiger partial charge >= 0.3 is 0 Å². The smallest absolute Gasteiger partial charge is 0.236 e. The highest BCUT2D eigenvalue weighted by Gasteiger charge is 2.20. The molecule has 4 heteroatoms. The summed E-state index contributed by atoms with van der Waals surface area (Å²) < 4.78 is 5.31. The van der Waals surface area contributed by atoms with Gasteiger partial charge in [-0.05, 0) is 48.6 Å². The van der Waals surface area contributed by atoms with Crippen molar-refractivity contribution in [3.8, 4) is 0 Å². The van der Waals surface area contributed by atoms with Gasteiger partial charge in [0.1, 0.15) is 0 Å². The van der Waals surface area contributed by atoms with Crippen molar-refractivity contribution in [1.29, 1.82) is 0 Å². The molecule has 0 aliphatic carbocycles. The molecule has 1 fully saturated rings. The minimum absolute atomic E-state index is 0.159.